The average molecular weight is 316 g/mol. The van der Waals surface area contributed by atoms with Crippen LogP contribution >= 0.6 is 0 Å². The van der Waals surface area contributed by atoms with Crippen molar-refractivity contribution < 1.29 is 0 Å². The summed E-state index contributed by atoms with van der Waals surface area (Å²) in [5, 5.41) is 3.53. The van der Waals surface area contributed by atoms with Gasteiger partial charge in [-0.05, 0) is 40.5 Å². The van der Waals surface area contributed by atoms with Gasteiger partial charge in [0.2, 0.25) is 0 Å². The first-order chi connectivity index (χ1) is 11.7. The van der Waals surface area contributed by atoms with Crippen molar-refractivity contribution >= 4 is 5.69 Å². The molecule has 1 N–H and O–H groups in total. The summed E-state index contributed by atoms with van der Waals surface area (Å²) >= 11 is 0. The van der Waals surface area contributed by atoms with Gasteiger partial charge in [0, 0.05) is 32.9 Å². The van der Waals surface area contributed by atoms with E-state index in [4.69, 9.17) is 0 Å². The fraction of sp³-hybridized carbons (Fsp3) is 0.182. The number of hydrogen-bond donors (Lipinski definition) is 1. The minimum absolute atomic E-state index is 0.871. The Labute approximate surface area is 144 Å². The van der Waals surface area contributed by atoms with Crippen LogP contribution in [0.25, 0.3) is 11.1 Å². The van der Waals surface area contributed by atoms with Crippen molar-refractivity contribution in [2.24, 2.45) is 0 Å². The largest absolute Gasteiger partial charge is 0.378 e. The molecule has 0 heterocycles. The van der Waals surface area contributed by atoms with Gasteiger partial charge in [0.15, 0.2) is 0 Å². The van der Waals surface area contributed by atoms with E-state index >= 15 is 0 Å². The molecule has 0 fully saturated rings. The highest BCUT2D eigenvalue weighted by Crippen LogP contribution is 2.20. The first kappa shape index (κ1) is 16.3. The van der Waals surface area contributed by atoms with E-state index in [1.807, 2.05) is 0 Å². The molecule has 3 aromatic carbocycles. The second kappa shape index (κ2) is 7.80. The lowest BCUT2D eigenvalue weighted by Gasteiger charge is -2.13. The Morgan fingerprint density at radius 1 is 0.667 bits per heavy atom. The van der Waals surface area contributed by atoms with E-state index in [2.05, 4.69) is 103 Å². The van der Waals surface area contributed by atoms with Gasteiger partial charge < -0.3 is 10.2 Å². The maximum atomic E-state index is 3.53. The summed E-state index contributed by atoms with van der Waals surface area (Å²) in [5.41, 5.74) is 6.37. The molecule has 0 bridgehead atoms. The van der Waals surface area contributed by atoms with Gasteiger partial charge in [-0.1, -0.05) is 60.7 Å². The van der Waals surface area contributed by atoms with Crippen LogP contribution in [0, 0.1) is 0 Å². The maximum Gasteiger partial charge on any atom is 0.0361 e. The molecule has 122 valence electrons. The van der Waals surface area contributed by atoms with E-state index in [1.165, 1.54) is 27.9 Å². The van der Waals surface area contributed by atoms with Crippen LogP contribution in [-0.2, 0) is 13.1 Å². The number of nitrogens with zero attached hydrogens (tertiary/aromatic N) is 1. The van der Waals surface area contributed by atoms with Crippen molar-refractivity contribution in [3.8, 4) is 11.1 Å². The third-order valence-corrected chi connectivity index (χ3v) is 4.15. The Hall–Kier alpha value is -2.58. The topological polar surface area (TPSA) is 15.3 Å². The molecule has 0 aliphatic carbocycles. The van der Waals surface area contributed by atoms with Gasteiger partial charge >= 0.3 is 0 Å². The van der Waals surface area contributed by atoms with Crippen LogP contribution in [0.4, 0.5) is 5.69 Å². The van der Waals surface area contributed by atoms with Crippen LogP contribution in [0.1, 0.15) is 11.1 Å². The van der Waals surface area contributed by atoms with Gasteiger partial charge in [0.25, 0.3) is 0 Å². The summed E-state index contributed by atoms with van der Waals surface area (Å²) in [4.78, 5) is 2.12. The summed E-state index contributed by atoms with van der Waals surface area (Å²) < 4.78 is 0. The lowest BCUT2D eigenvalue weighted by atomic mass is 10.0. The summed E-state index contributed by atoms with van der Waals surface area (Å²) in [7, 11) is 4.12. The SMILES string of the molecule is CN(C)c1ccc(CNCc2cccc(-c3ccccc3)c2)cc1. The Balaban J connectivity index is 1.59. The van der Waals surface area contributed by atoms with Crippen LogP contribution in [0.2, 0.25) is 0 Å². The highest BCUT2D eigenvalue weighted by Gasteiger charge is 2.00. The molecule has 0 saturated heterocycles. The zero-order chi connectivity index (χ0) is 16.8. The fourth-order valence-corrected chi connectivity index (χ4v) is 2.75. The molecular formula is C22H24N2. The number of benzene rings is 3. The van der Waals surface area contributed by atoms with Gasteiger partial charge in [0.05, 0.1) is 0 Å². The monoisotopic (exact) mass is 316 g/mol. The van der Waals surface area contributed by atoms with Gasteiger partial charge in [-0.3, -0.25) is 0 Å². The van der Waals surface area contributed by atoms with Crippen LogP contribution in [0.15, 0.2) is 78.9 Å². The van der Waals surface area contributed by atoms with Gasteiger partial charge in [-0.15, -0.1) is 0 Å². The summed E-state index contributed by atoms with van der Waals surface area (Å²) in [5.74, 6) is 0. The second-order valence-corrected chi connectivity index (χ2v) is 6.23. The average Bonchev–Trinajstić information content (AvgIpc) is 2.63. The maximum absolute atomic E-state index is 3.53. The van der Waals surface area contributed by atoms with Crippen LogP contribution in [0.5, 0.6) is 0 Å². The van der Waals surface area contributed by atoms with Crippen molar-refractivity contribution in [3.05, 3.63) is 90.0 Å². The van der Waals surface area contributed by atoms with Crippen LogP contribution in [0.3, 0.4) is 0 Å². The lowest BCUT2D eigenvalue weighted by Crippen LogP contribution is -2.13. The molecule has 0 atom stereocenters. The Morgan fingerprint density at radius 2 is 1.33 bits per heavy atom. The number of rotatable bonds is 6. The molecule has 0 radical (unpaired) electrons. The van der Waals surface area contributed by atoms with Crippen molar-refractivity contribution in [1.29, 1.82) is 0 Å². The molecule has 0 aliphatic heterocycles. The molecular weight excluding hydrogens is 292 g/mol. The predicted octanol–water partition coefficient (Wildman–Crippen LogP) is 4.71. The van der Waals surface area contributed by atoms with E-state index in [0.717, 1.165) is 13.1 Å². The lowest BCUT2D eigenvalue weighted by molar-refractivity contribution is 0.693. The van der Waals surface area contributed by atoms with E-state index in [9.17, 15) is 0 Å². The van der Waals surface area contributed by atoms with Crippen LogP contribution < -0.4 is 10.2 Å². The molecule has 0 spiro atoms. The zero-order valence-corrected chi connectivity index (χ0v) is 14.4. The predicted molar refractivity (Wildman–Crippen MR) is 103 cm³/mol. The van der Waals surface area contributed by atoms with E-state index in [1.54, 1.807) is 0 Å². The van der Waals surface area contributed by atoms with Gasteiger partial charge in [-0.25, -0.2) is 0 Å². The molecule has 24 heavy (non-hydrogen) atoms. The molecule has 3 aromatic rings. The first-order valence-electron chi connectivity index (χ1n) is 8.34. The fourth-order valence-electron chi connectivity index (χ4n) is 2.75. The molecule has 2 nitrogen and oxygen atoms in total. The van der Waals surface area contributed by atoms with Crippen molar-refractivity contribution in [3.63, 3.8) is 0 Å². The van der Waals surface area contributed by atoms with Crippen molar-refractivity contribution in [1.82, 2.24) is 5.32 Å². The minimum atomic E-state index is 0.871. The van der Waals surface area contributed by atoms with Crippen molar-refractivity contribution in [2.45, 2.75) is 13.1 Å². The molecule has 0 unspecified atom stereocenters. The van der Waals surface area contributed by atoms with Gasteiger partial charge in [-0.2, -0.15) is 0 Å². The van der Waals surface area contributed by atoms with Crippen molar-refractivity contribution in [2.75, 3.05) is 19.0 Å². The Morgan fingerprint density at radius 3 is 2.04 bits per heavy atom. The zero-order valence-electron chi connectivity index (χ0n) is 14.4. The second-order valence-electron chi connectivity index (χ2n) is 6.23. The summed E-state index contributed by atoms with van der Waals surface area (Å²) in [6.45, 7) is 1.75. The van der Waals surface area contributed by atoms with E-state index < -0.39 is 0 Å². The highest BCUT2D eigenvalue weighted by atomic mass is 15.1. The smallest absolute Gasteiger partial charge is 0.0361 e. The molecule has 0 amide bonds. The Kier molecular flexibility index (Phi) is 5.29. The quantitative estimate of drug-likeness (QED) is 0.708. The normalized spacial score (nSPS) is 10.6. The van der Waals surface area contributed by atoms with E-state index in [-0.39, 0.29) is 0 Å². The Bertz CT molecular complexity index is 761. The molecule has 3 rings (SSSR count). The standard InChI is InChI=1S/C22H24N2/c1-24(2)22-13-11-18(12-14-22)16-23-17-19-7-6-10-21(15-19)20-8-4-3-5-9-20/h3-15,23H,16-17H2,1-2H3. The third-order valence-electron chi connectivity index (χ3n) is 4.15. The number of nitrogens with one attached hydrogen (secondary N) is 1. The highest BCUT2D eigenvalue weighted by molar-refractivity contribution is 5.63. The van der Waals surface area contributed by atoms with Crippen LogP contribution in [-0.4, -0.2) is 14.1 Å². The first-order valence-corrected chi connectivity index (χ1v) is 8.34. The summed E-state index contributed by atoms with van der Waals surface area (Å²) in [6, 6.07) is 27.9. The summed E-state index contributed by atoms with van der Waals surface area (Å²) in [6.07, 6.45) is 0. The minimum Gasteiger partial charge on any atom is -0.378 e. The molecule has 2 heteroatoms. The molecule has 0 aromatic heterocycles. The molecule has 0 aliphatic rings. The molecule has 0 saturated carbocycles. The third kappa shape index (κ3) is 4.24. The number of hydrogen-bond acceptors (Lipinski definition) is 2. The number of anilines is 1. The van der Waals surface area contributed by atoms with E-state index in [0.29, 0.717) is 0 Å². The van der Waals surface area contributed by atoms with Gasteiger partial charge in [0.1, 0.15) is 0 Å².